The van der Waals surface area contributed by atoms with Gasteiger partial charge in [0.05, 0.1) is 12.1 Å². The fraction of sp³-hybridized carbons (Fsp3) is 0.290. The summed E-state index contributed by atoms with van der Waals surface area (Å²) < 4.78 is 0. The van der Waals surface area contributed by atoms with Crippen LogP contribution in [0.25, 0.3) is 6.08 Å². The van der Waals surface area contributed by atoms with Gasteiger partial charge in [0, 0.05) is 12.3 Å². The van der Waals surface area contributed by atoms with Gasteiger partial charge in [0.1, 0.15) is 0 Å². The minimum Gasteiger partial charge on any atom is -0.196 e. The summed E-state index contributed by atoms with van der Waals surface area (Å²) in [7, 11) is 0. The van der Waals surface area contributed by atoms with Crippen LogP contribution < -0.4 is 0 Å². The molecule has 0 aliphatic heterocycles. The first-order valence-electron chi connectivity index (χ1n) is 11.5. The minimum absolute atomic E-state index is 0.00393. The van der Waals surface area contributed by atoms with Crippen LogP contribution in [0.1, 0.15) is 50.2 Å². The number of benzene rings is 2. The van der Waals surface area contributed by atoms with Gasteiger partial charge in [-0.1, -0.05) is 96.6 Å². The van der Waals surface area contributed by atoms with E-state index >= 15 is 0 Å². The average Bonchev–Trinajstić information content (AvgIpc) is 2.84. The second-order valence-corrected chi connectivity index (χ2v) is 9.04. The van der Waals surface area contributed by atoms with Crippen molar-refractivity contribution in [2.45, 2.75) is 39.0 Å². The van der Waals surface area contributed by atoms with Crippen LogP contribution in [0.2, 0.25) is 0 Å². The van der Waals surface area contributed by atoms with Gasteiger partial charge in [-0.25, -0.2) is 0 Å². The molecule has 0 aromatic heterocycles. The maximum atomic E-state index is 10.3. The second kappa shape index (κ2) is 10.8. The molecule has 2 heteroatoms. The third kappa shape index (κ3) is 5.08. The first kappa shape index (κ1) is 24.0. The van der Waals surface area contributed by atoms with Crippen LogP contribution in [0.4, 0.5) is 0 Å². The van der Waals surface area contributed by atoms with Crippen LogP contribution in [0.5, 0.6) is 0 Å². The smallest absolute Gasteiger partial charge is 0.168 e. The molecule has 0 saturated carbocycles. The van der Waals surface area contributed by atoms with Crippen molar-refractivity contribution in [1.82, 2.24) is 0 Å². The zero-order valence-corrected chi connectivity index (χ0v) is 19.7. The van der Waals surface area contributed by atoms with E-state index in [-0.39, 0.29) is 17.8 Å². The molecule has 0 radical (unpaired) electrons. The van der Waals surface area contributed by atoms with Crippen molar-refractivity contribution in [3.05, 3.63) is 114 Å². The molecule has 0 fully saturated rings. The first-order chi connectivity index (χ1) is 16.0. The van der Waals surface area contributed by atoms with Gasteiger partial charge in [-0.2, -0.15) is 10.5 Å². The predicted molar refractivity (Wildman–Crippen MR) is 137 cm³/mol. The standard InChI is InChI=1S/C31H32N2/c1-5-20-31(21-32,22-33)30-24(4)16-18-27(23(2)3)29(30)28(26-14-10-7-11-15-26)19-17-25-12-8-6-9-13-25/h5-15,17,19,27-29H,1-2,16,18,20H2,3-4H3/b19-17+/t27?,28-,29?/m0/s1. The van der Waals surface area contributed by atoms with E-state index in [1.165, 1.54) is 5.56 Å². The number of rotatable bonds is 8. The van der Waals surface area contributed by atoms with Gasteiger partial charge < -0.3 is 0 Å². The molecule has 0 saturated heterocycles. The molecule has 166 valence electrons. The molecule has 0 spiro atoms. The van der Waals surface area contributed by atoms with Crippen molar-refractivity contribution in [3.63, 3.8) is 0 Å². The summed E-state index contributed by atoms with van der Waals surface area (Å²) in [6.07, 6.45) is 8.26. The summed E-state index contributed by atoms with van der Waals surface area (Å²) in [6.45, 7) is 12.4. The largest absolute Gasteiger partial charge is 0.196 e. The highest BCUT2D eigenvalue weighted by Crippen LogP contribution is 2.53. The van der Waals surface area contributed by atoms with E-state index in [1.54, 1.807) is 6.08 Å². The molecule has 2 unspecified atom stereocenters. The number of allylic oxidation sites excluding steroid dienone is 5. The maximum absolute atomic E-state index is 10.3. The Morgan fingerprint density at radius 2 is 1.70 bits per heavy atom. The van der Waals surface area contributed by atoms with E-state index < -0.39 is 5.41 Å². The van der Waals surface area contributed by atoms with Gasteiger partial charge in [0.25, 0.3) is 0 Å². The summed E-state index contributed by atoms with van der Waals surface area (Å²) >= 11 is 0. The molecule has 3 atom stereocenters. The number of nitriles is 2. The van der Waals surface area contributed by atoms with Gasteiger partial charge >= 0.3 is 0 Å². The van der Waals surface area contributed by atoms with Gasteiger partial charge in [-0.05, 0) is 55.2 Å². The highest BCUT2D eigenvalue weighted by Gasteiger charge is 2.46. The van der Waals surface area contributed by atoms with Crippen LogP contribution in [-0.2, 0) is 0 Å². The van der Waals surface area contributed by atoms with Crippen molar-refractivity contribution in [3.8, 4) is 12.1 Å². The van der Waals surface area contributed by atoms with E-state index in [4.69, 9.17) is 0 Å². The molecule has 3 rings (SSSR count). The molecular weight excluding hydrogens is 400 g/mol. The number of hydrogen-bond donors (Lipinski definition) is 0. The molecular formula is C31H32N2. The van der Waals surface area contributed by atoms with Gasteiger partial charge in [-0.3, -0.25) is 0 Å². The fourth-order valence-corrected chi connectivity index (χ4v) is 5.26. The average molecular weight is 433 g/mol. The quantitative estimate of drug-likeness (QED) is 0.397. The Kier molecular flexibility index (Phi) is 7.87. The predicted octanol–water partition coefficient (Wildman–Crippen LogP) is 8.01. The lowest BCUT2D eigenvalue weighted by atomic mass is 9.58. The normalized spacial score (nSPS) is 19.5. The van der Waals surface area contributed by atoms with Crippen molar-refractivity contribution >= 4 is 6.08 Å². The number of hydrogen-bond acceptors (Lipinski definition) is 2. The molecule has 2 nitrogen and oxygen atoms in total. The first-order valence-corrected chi connectivity index (χ1v) is 11.5. The van der Waals surface area contributed by atoms with Crippen LogP contribution >= 0.6 is 0 Å². The van der Waals surface area contributed by atoms with Crippen LogP contribution in [0, 0.1) is 39.9 Å². The summed E-state index contributed by atoms with van der Waals surface area (Å²) in [4.78, 5) is 0. The van der Waals surface area contributed by atoms with E-state index in [9.17, 15) is 10.5 Å². The molecule has 2 aromatic rings. The minimum atomic E-state index is -1.22. The van der Waals surface area contributed by atoms with Crippen molar-refractivity contribution in [1.29, 1.82) is 10.5 Å². The van der Waals surface area contributed by atoms with Crippen LogP contribution in [0.15, 0.2) is 103 Å². The van der Waals surface area contributed by atoms with E-state index in [2.05, 4.69) is 87.7 Å². The van der Waals surface area contributed by atoms with E-state index in [0.29, 0.717) is 6.42 Å². The molecule has 0 N–H and O–H groups in total. The Morgan fingerprint density at radius 1 is 1.09 bits per heavy atom. The molecule has 2 aromatic carbocycles. The molecule has 0 bridgehead atoms. The van der Waals surface area contributed by atoms with Gasteiger partial charge in [-0.15, -0.1) is 6.58 Å². The Bertz CT molecular complexity index is 1110. The monoisotopic (exact) mass is 432 g/mol. The molecule has 1 aliphatic rings. The number of nitrogens with zero attached hydrogens (tertiary/aromatic N) is 2. The van der Waals surface area contributed by atoms with Crippen LogP contribution in [-0.4, -0.2) is 0 Å². The van der Waals surface area contributed by atoms with E-state index in [1.807, 2.05) is 24.3 Å². The Morgan fingerprint density at radius 3 is 2.24 bits per heavy atom. The Hall–Kier alpha value is -3.62. The molecule has 0 heterocycles. The highest BCUT2D eigenvalue weighted by atomic mass is 14.5. The Labute approximate surface area is 198 Å². The van der Waals surface area contributed by atoms with Crippen molar-refractivity contribution < 1.29 is 0 Å². The molecule has 0 amide bonds. The topological polar surface area (TPSA) is 47.6 Å². The van der Waals surface area contributed by atoms with Crippen LogP contribution in [0.3, 0.4) is 0 Å². The fourth-order valence-electron chi connectivity index (χ4n) is 5.26. The second-order valence-electron chi connectivity index (χ2n) is 9.04. The van der Waals surface area contributed by atoms with Crippen molar-refractivity contribution in [2.24, 2.45) is 17.3 Å². The third-order valence-electron chi connectivity index (χ3n) is 6.85. The molecule has 1 aliphatic carbocycles. The summed E-state index contributed by atoms with van der Waals surface area (Å²) in [5.74, 6) is 0.155. The summed E-state index contributed by atoms with van der Waals surface area (Å²) in [5.41, 5.74) is 4.29. The highest BCUT2D eigenvalue weighted by molar-refractivity contribution is 5.53. The van der Waals surface area contributed by atoms with E-state index in [0.717, 1.165) is 35.1 Å². The van der Waals surface area contributed by atoms with Gasteiger partial charge in [0.15, 0.2) is 5.41 Å². The zero-order valence-electron chi connectivity index (χ0n) is 19.7. The Balaban J connectivity index is 2.26. The zero-order chi connectivity index (χ0) is 23.8. The van der Waals surface area contributed by atoms with Gasteiger partial charge in [0.2, 0.25) is 0 Å². The molecule has 33 heavy (non-hydrogen) atoms. The summed E-state index contributed by atoms with van der Waals surface area (Å²) in [5, 5.41) is 20.6. The third-order valence-corrected chi connectivity index (χ3v) is 6.85. The lowest BCUT2D eigenvalue weighted by molar-refractivity contribution is 0.314. The summed E-state index contributed by atoms with van der Waals surface area (Å²) in [6, 6.07) is 25.5. The lowest BCUT2D eigenvalue weighted by Crippen LogP contribution is -2.36. The SMILES string of the molecule is C=CCC(C#N)(C#N)C1=C(C)CCC(C(=C)C)C1[C@@H](/C=C/c1ccccc1)c1ccccc1. The maximum Gasteiger partial charge on any atom is 0.168 e. The lowest BCUT2D eigenvalue weighted by Gasteiger charge is -2.43. The van der Waals surface area contributed by atoms with Crippen molar-refractivity contribution in [2.75, 3.05) is 0 Å².